The zero-order valence-corrected chi connectivity index (χ0v) is 10.5. The molecule has 0 aliphatic heterocycles. The highest BCUT2D eigenvalue weighted by Gasteiger charge is 2.07. The molecule has 0 radical (unpaired) electrons. The standard InChI is InChI=1S/C9H16N6OS/c1-2-3-4-6-13-7(16-15-6)5-17-9(12)14-8(10)11/h2-5H2,1H3,(H5,10,11,12,14). The molecule has 0 saturated carbocycles. The van der Waals surface area contributed by atoms with Crippen LogP contribution in [0.2, 0.25) is 0 Å². The monoisotopic (exact) mass is 256 g/mol. The zero-order valence-electron chi connectivity index (χ0n) is 9.64. The first-order valence-corrected chi connectivity index (χ1v) is 6.22. The number of aryl methyl sites for hydroxylation is 1. The van der Waals surface area contributed by atoms with Gasteiger partial charge in [-0.25, -0.2) is 0 Å². The first-order chi connectivity index (χ1) is 8.11. The Balaban J connectivity index is 2.39. The van der Waals surface area contributed by atoms with E-state index in [1.165, 1.54) is 0 Å². The fourth-order valence-corrected chi connectivity index (χ4v) is 1.61. The van der Waals surface area contributed by atoms with Crippen molar-refractivity contribution in [2.24, 2.45) is 16.5 Å². The Kier molecular flexibility index (Phi) is 5.47. The molecule has 0 bridgehead atoms. The smallest absolute Gasteiger partial charge is 0.237 e. The van der Waals surface area contributed by atoms with Crippen LogP contribution in [0.3, 0.4) is 0 Å². The fraction of sp³-hybridized carbons (Fsp3) is 0.556. The first kappa shape index (κ1) is 13.5. The summed E-state index contributed by atoms with van der Waals surface area (Å²) in [7, 11) is 0. The number of nitrogens with two attached hydrogens (primary N) is 2. The molecule has 17 heavy (non-hydrogen) atoms. The van der Waals surface area contributed by atoms with Crippen LogP contribution in [0, 0.1) is 5.41 Å². The molecule has 1 aromatic heterocycles. The average molecular weight is 256 g/mol. The van der Waals surface area contributed by atoms with E-state index >= 15 is 0 Å². The largest absolute Gasteiger partial charge is 0.370 e. The summed E-state index contributed by atoms with van der Waals surface area (Å²) in [6, 6.07) is 0. The van der Waals surface area contributed by atoms with Crippen LogP contribution in [0.25, 0.3) is 0 Å². The fourth-order valence-electron chi connectivity index (χ4n) is 1.06. The molecule has 5 N–H and O–H groups in total. The summed E-state index contributed by atoms with van der Waals surface area (Å²) in [4.78, 5) is 7.77. The maximum Gasteiger partial charge on any atom is 0.237 e. The number of hydrogen-bond acceptors (Lipinski definition) is 5. The molecule has 0 unspecified atom stereocenters. The lowest BCUT2D eigenvalue weighted by atomic mass is 10.2. The Bertz CT molecular complexity index is 398. The van der Waals surface area contributed by atoms with Crippen LogP contribution in [0.4, 0.5) is 0 Å². The number of nitrogens with zero attached hydrogens (tertiary/aromatic N) is 3. The Hall–Kier alpha value is -1.57. The van der Waals surface area contributed by atoms with Crippen LogP contribution in [0.5, 0.6) is 0 Å². The van der Waals surface area contributed by atoms with Crippen LogP contribution >= 0.6 is 11.8 Å². The Morgan fingerprint density at radius 3 is 2.94 bits per heavy atom. The number of thioether (sulfide) groups is 1. The van der Waals surface area contributed by atoms with Gasteiger partial charge in [-0.2, -0.15) is 9.98 Å². The van der Waals surface area contributed by atoms with Crippen molar-refractivity contribution < 1.29 is 4.52 Å². The summed E-state index contributed by atoms with van der Waals surface area (Å²) in [5.74, 6) is 1.46. The molecule has 0 fully saturated rings. The number of rotatable bonds is 5. The lowest BCUT2D eigenvalue weighted by Gasteiger charge is -1.94. The predicted molar refractivity (Wildman–Crippen MR) is 67.7 cm³/mol. The number of nitrogens with one attached hydrogen (secondary N) is 1. The van der Waals surface area contributed by atoms with E-state index in [4.69, 9.17) is 21.4 Å². The molecule has 0 aliphatic carbocycles. The number of guanidine groups is 1. The first-order valence-electron chi connectivity index (χ1n) is 5.24. The molecule has 0 spiro atoms. The van der Waals surface area contributed by atoms with E-state index in [9.17, 15) is 0 Å². The van der Waals surface area contributed by atoms with Crippen LogP contribution in [-0.4, -0.2) is 21.3 Å². The third-order valence-electron chi connectivity index (χ3n) is 1.83. The number of unbranched alkanes of at least 4 members (excludes halogenated alkanes) is 1. The maximum atomic E-state index is 7.41. The summed E-state index contributed by atoms with van der Waals surface area (Å²) in [6.45, 7) is 2.10. The zero-order chi connectivity index (χ0) is 12.7. The molecule has 0 saturated heterocycles. The van der Waals surface area contributed by atoms with Gasteiger partial charge in [-0.3, -0.25) is 5.41 Å². The van der Waals surface area contributed by atoms with Gasteiger partial charge in [-0.15, -0.1) is 0 Å². The summed E-state index contributed by atoms with van der Waals surface area (Å²) in [6.07, 6.45) is 2.94. The topological polar surface area (TPSA) is 127 Å². The van der Waals surface area contributed by atoms with Gasteiger partial charge in [-0.05, 0) is 6.42 Å². The molecule has 0 amide bonds. The van der Waals surface area contributed by atoms with Gasteiger partial charge >= 0.3 is 0 Å². The van der Waals surface area contributed by atoms with Gasteiger partial charge in [0.15, 0.2) is 17.0 Å². The molecule has 1 aromatic rings. The van der Waals surface area contributed by atoms with Crippen molar-refractivity contribution in [1.29, 1.82) is 5.41 Å². The lowest BCUT2D eigenvalue weighted by molar-refractivity contribution is 0.384. The quantitative estimate of drug-likeness (QED) is 0.529. The van der Waals surface area contributed by atoms with E-state index in [0.717, 1.165) is 31.0 Å². The van der Waals surface area contributed by atoms with Crippen molar-refractivity contribution in [3.63, 3.8) is 0 Å². The summed E-state index contributed by atoms with van der Waals surface area (Å²) in [5.41, 5.74) is 10.3. The summed E-state index contributed by atoms with van der Waals surface area (Å²) in [5, 5.41) is 11.3. The van der Waals surface area contributed by atoms with Gasteiger partial charge in [0, 0.05) is 6.42 Å². The van der Waals surface area contributed by atoms with Gasteiger partial charge < -0.3 is 16.0 Å². The van der Waals surface area contributed by atoms with E-state index in [-0.39, 0.29) is 11.1 Å². The van der Waals surface area contributed by atoms with Gasteiger partial charge in [0.2, 0.25) is 5.89 Å². The van der Waals surface area contributed by atoms with Gasteiger partial charge in [0.25, 0.3) is 0 Å². The van der Waals surface area contributed by atoms with Crippen LogP contribution in [0.15, 0.2) is 9.52 Å². The van der Waals surface area contributed by atoms with Crippen molar-refractivity contribution in [2.75, 3.05) is 0 Å². The van der Waals surface area contributed by atoms with Gasteiger partial charge in [0.05, 0.1) is 5.75 Å². The highest BCUT2D eigenvalue weighted by atomic mass is 32.2. The average Bonchev–Trinajstić information content (AvgIpc) is 2.70. The third kappa shape index (κ3) is 5.34. The summed E-state index contributed by atoms with van der Waals surface area (Å²) < 4.78 is 5.03. The van der Waals surface area contributed by atoms with E-state index in [1.807, 2.05) is 0 Å². The van der Waals surface area contributed by atoms with Crippen molar-refractivity contribution in [2.45, 2.75) is 31.9 Å². The number of aliphatic imine (C=N–C) groups is 1. The Morgan fingerprint density at radius 2 is 2.29 bits per heavy atom. The molecule has 7 nitrogen and oxygen atoms in total. The maximum absolute atomic E-state index is 7.41. The lowest BCUT2D eigenvalue weighted by Crippen LogP contribution is -2.23. The molecule has 0 atom stereocenters. The molecule has 0 aliphatic rings. The predicted octanol–water partition coefficient (Wildman–Crippen LogP) is 0.854. The molecular weight excluding hydrogens is 240 g/mol. The number of hydrogen-bond donors (Lipinski definition) is 3. The summed E-state index contributed by atoms with van der Waals surface area (Å²) >= 11 is 1.13. The van der Waals surface area contributed by atoms with Crippen LogP contribution in [-0.2, 0) is 12.2 Å². The van der Waals surface area contributed by atoms with E-state index in [0.29, 0.717) is 17.5 Å². The molecule has 0 aromatic carbocycles. The minimum Gasteiger partial charge on any atom is -0.370 e. The third-order valence-corrected chi connectivity index (χ3v) is 2.58. The van der Waals surface area contributed by atoms with Crippen molar-refractivity contribution >= 4 is 22.9 Å². The second-order valence-corrected chi connectivity index (χ2v) is 4.30. The second-order valence-electron chi connectivity index (χ2n) is 3.34. The van der Waals surface area contributed by atoms with Crippen LogP contribution in [0.1, 0.15) is 31.5 Å². The number of amidine groups is 1. The molecular formula is C9H16N6OS. The van der Waals surface area contributed by atoms with E-state index in [2.05, 4.69) is 22.1 Å². The Morgan fingerprint density at radius 1 is 1.53 bits per heavy atom. The number of aromatic nitrogens is 2. The van der Waals surface area contributed by atoms with Crippen molar-refractivity contribution in [3.8, 4) is 0 Å². The minimum absolute atomic E-state index is 0.0262. The molecule has 1 rings (SSSR count). The van der Waals surface area contributed by atoms with Crippen molar-refractivity contribution in [1.82, 2.24) is 10.1 Å². The molecule has 94 valence electrons. The second kappa shape index (κ2) is 6.89. The normalized spacial score (nSPS) is 10.2. The highest BCUT2D eigenvalue weighted by Crippen LogP contribution is 2.12. The van der Waals surface area contributed by atoms with Gasteiger partial charge in [0.1, 0.15) is 0 Å². The SMILES string of the molecule is CCCCc1noc(CSC(=N)N=C(N)N)n1. The molecule has 1 heterocycles. The minimum atomic E-state index is -0.128. The highest BCUT2D eigenvalue weighted by molar-refractivity contribution is 8.13. The van der Waals surface area contributed by atoms with E-state index in [1.54, 1.807) is 0 Å². The van der Waals surface area contributed by atoms with Crippen molar-refractivity contribution in [3.05, 3.63) is 11.7 Å². The molecule has 8 heteroatoms. The van der Waals surface area contributed by atoms with Gasteiger partial charge in [-0.1, -0.05) is 30.3 Å². The van der Waals surface area contributed by atoms with E-state index < -0.39 is 0 Å². The van der Waals surface area contributed by atoms with Crippen LogP contribution < -0.4 is 11.5 Å². The Labute approximate surface area is 104 Å².